The topological polar surface area (TPSA) is 46.3 Å². The zero-order chi connectivity index (χ0) is 12.9. The third-order valence-electron chi connectivity index (χ3n) is 4.40. The molecule has 1 aliphatic heterocycles. The molecule has 0 aromatic heterocycles. The largest absolute Gasteiger partial charge is 0.324 e. The van der Waals surface area contributed by atoms with E-state index < -0.39 is 0 Å². The first-order chi connectivity index (χ1) is 8.61. The lowest BCUT2D eigenvalue weighted by molar-refractivity contribution is -0.117. The molecule has 1 fully saturated rings. The first kappa shape index (κ1) is 14.5. The Morgan fingerprint density at radius 2 is 1.95 bits per heavy atom. The molecule has 0 radical (unpaired) electrons. The first-order valence-electron chi connectivity index (χ1n) is 6.75. The number of hydrogen-bond donors (Lipinski definition) is 1. The highest BCUT2D eigenvalue weighted by atomic mass is 79.9. The number of halogens is 1. The average Bonchev–Trinajstić information content (AvgIpc) is 3.17. The Morgan fingerprint density at radius 1 is 1.32 bits per heavy atom. The lowest BCUT2D eigenvalue weighted by atomic mass is 9.80. The summed E-state index contributed by atoms with van der Waals surface area (Å²) in [7, 11) is 0. The van der Waals surface area contributed by atoms with Crippen molar-refractivity contribution >= 4 is 28.6 Å². The summed E-state index contributed by atoms with van der Waals surface area (Å²) in [6.45, 7) is 3.84. The van der Waals surface area contributed by atoms with Crippen LogP contribution < -0.4 is 10.6 Å². The third-order valence-corrected chi connectivity index (χ3v) is 4.40. The molecule has 0 saturated heterocycles. The summed E-state index contributed by atoms with van der Waals surface area (Å²) in [5.41, 5.74) is 8.50. The van der Waals surface area contributed by atoms with Gasteiger partial charge >= 0.3 is 0 Å². The van der Waals surface area contributed by atoms with Gasteiger partial charge in [-0.2, -0.15) is 0 Å². The average molecular weight is 325 g/mol. The van der Waals surface area contributed by atoms with E-state index in [2.05, 4.69) is 13.0 Å². The number of para-hydroxylation sites is 1. The Morgan fingerprint density at radius 3 is 2.53 bits per heavy atom. The lowest BCUT2D eigenvalue weighted by Gasteiger charge is -2.44. The number of nitrogens with zero attached hydrogens (tertiary/aromatic N) is 1. The number of rotatable bonds is 1. The normalized spacial score (nSPS) is 29.4. The van der Waals surface area contributed by atoms with Gasteiger partial charge in [0.15, 0.2) is 0 Å². The van der Waals surface area contributed by atoms with E-state index in [0.717, 1.165) is 11.3 Å². The lowest BCUT2D eigenvalue weighted by Crippen LogP contribution is -2.51. The highest BCUT2D eigenvalue weighted by Gasteiger charge is 2.46. The van der Waals surface area contributed by atoms with Crippen LogP contribution in [0.2, 0.25) is 0 Å². The zero-order valence-corrected chi connectivity index (χ0v) is 13.1. The number of amides is 1. The Kier molecular flexibility index (Phi) is 4.02. The van der Waals surface area contributed by atoms with Crippen LogP contribution in [-0.4, -0.2) is 11.9 Å². The molecule has 1 aromatic rings. The second-order valence-electron chi connectivity index (χ2n) is 5.66. The van der Waals surface area contributed by atoms with Gasteiger partial charge in [-0.15, -0.1) is 17.0 Å². The van der Waals surface area contributed by atoms with E-state index in [1.54, 1.807) is 6.92 Å². The molecule has 4 heteroatoms. The number of fused-ring (bicyclic) bond motifs is 1. The Labute approximate surface area is 124 Å². The van der Waals surface area contributed by atoms with Gasteiger partial charge in [0, 0.05) is 24.7 Å². The maximum absolute atomic E-state index is 12.0. The molecule has 2 aliphatic rings. The SMILES string of the molecule is Br.CC(=O)N1c2ccccc2[C@H](N)[C@@H](C)[C@@H]1C1CC1. The van der Waals surface area contributed by atoms with Gasteiger partial charge in [0.2, 0.25) is 5.91 Å². The van der Waals surface area contributed by atoms with Crippen LogP contribution in [0.4, 0.5) is 5.69 Å². The quantitative estimate of drug-likeness (QED) is 0.863. The monoisotopic (exact) mass is 324 g/mol. The van der Waals surface area contributed by atoms with Crippen molar-refractivity contribution in [1.82, 2.24) is 0 Å². The smallest absolute Gasteiger partial charge is 0.224 e. The molecular weight excluding hydrogens is 304 g/mol. The van der Waals surface area contributed by atoms with Crippen LogP contribution in [0.25, 0.3) is 0 Å². The molecule has 104 valence electrons. The fourth-order valence-electron chi connectivity index (χ4n) is 3.34. The van der Waals surface area contributed by atoms with E-state index in [0.29, 0.717) is 11.8 Å². The summed E-state index contributed by atoms with van der Waals surface area (Å²) in [4.78, 5) is 14.0. The van der Waals surface area contributed by atoms with E-state index in [-0.39, 0.29) is 35.0 Å². The highest BCUT2D eigenvalue weighted by Crippen LogP contribution is 2.48. The molecule has 3 nitrogen and oxygen atoms in total. The summed E-state index contributed by atoms with van der Waals surface area (Å²) in [5, 5.41) is 0. The molecule has 1 heterocycles. The van der Waals surface area contributed by atoms with Crippen molar-refractivity contribution in [2.75, 3.05) is 4.90 Å². The highest BCUT2D eigenvalue weighted by molar-refractivity contribution is 8.93. The van der Waals surface area contributed by atoms with E-state index >= 15 is 0 Å². The minimum atomic E-state index is 0. The summed E-state index contributed by atoms with van der Waals surface area (Å²) < 4.78 is 0. The second-order valence-corrected chi connectivity index (χ2v) is 5.66. The summed E-state index contributed by atoms with van der Waals surface area (Å²) >= 11 is 0. The number of carbonyl (C=O) groups excluding carboxylic acids is 1. The Hall–Kier alpha value is -0.870. The standard InChI is InChI=1S/C15H20N2O.BrH/c1-9-14(16)12-5-3-4-6-13(12)17(10(2)18)15(9)11-7-8-11;/h3-6,9,11,14-15H,7-8,16H2,1-2H3;1H/t9-,14-,15-;/m1./s1. The van der Waals surface area contributed by atoms with E-state index in [4.69, 9.17) is 5.73 Å². The predicted octanol–water partition coefficient (Wildman–Crippen LogP) is 3.05. The van der Waals surface area contributed by atoms with Gasteiger partial charge in [-0.05, 0) is 36.3 Å². The van der Waals surface area contributed by atoms with Crippen molar-refractivity contribution in [3.8, 4) is 0 Å². The van der Waals surface area contributed by atoms with Crippen molar-refractivity contribution in [3.05, 3.63) is 29.8 Å². The fraction of sp³-hybridized carbons (Fsp3) is 0.533. The second kappa shape index (κ2) is 5.25. The molecule has 1 aliphatic carbocycles. The number of benzene rings is 1. The van der Waals surface area contributed by atoms with Crippen molar-refractivity contribution in [1.29, 1.82) is 0 Å². The van der Waals surface area contributed by atoms with Crippen molar-refractivity contribution in [2.24, 2.45) is 17.6 Å². The zero-order valence-electron chi connectivity index (χ0n) is 11.4. The van der Waals surface area contributed by atoms with Gasteiger partial charge in [-0.3, -0.25) is 4.79 Å². The Balaban J connectivity index is 0.00000133. The van der Waals surface area contributed by atoms with Crippen molar-refractivity contribution < 1.29 is 4.79 Å². The minimum Gasteiger partial charge on any atom is -0.324 e. The number of carbonyl (C=O) groups is 1. The Bertz CT molecular complexity index is 487. The molecule has 0 spiro atoms. The van der Waals surface area contributed by atoms with Gasteiger partial charge in [-0.1, -0.05) is 25.1 Å². The summed E-state index contributed by atoms with van der Waals surface area (Å²) in [6.07, 6.45) is 2.46. The van der Waals surface area contributed by atoms with Crippen molar-refractivity contribution in [2.45, 2.75) is 38.8 Å². The molecule has 3 rings (SSSR count). The molecule has 1 aromatic carbocycles. The predicted molar refractivity (Wildman–Crippen MR) is 82.5 cm³/mol. The maximum atomic E-state index is 12.0. The van der Waals surface area contributed by atoms with Gasteiger partial charge < -0.3 is 10.6 Å². The molecule has 0 bridgehead atoms. The molecule has 1 saturated carbocycles. The molecule has 0 unspecified atom stereocenters. The van der Waals surface area contributed by atoms with Crippen LogP contribution in [0.1, 0.15) is 38.3 Å². The molecule has 1 amide bonds. The molecule has 3 atom stereocenters. The van der Waals surface area contributed by atoms with Gasteiger partial charge in [0.25, 0.3) is 0 Å². The van der Waals surface area contributed by atoms with Gasteiger partial charge in [-0.25, -0.2) is 0 Å². The number of anilines is 1. The van der Waals surface area contributed by atoms with Gasteiger partial charge in [0.05, 0.1) is 0 Å². The number of hydrogen-bond acceptors (Lipinski definition) is 2. The maximum Gasteiger partial charge on any atom is 0.224 e. The van der Waals surface area contributed by atoms with Crippen LogP contribution in [0.15, 0.2) is 24.3 Å². The van der Waals surface area contributed by atoms with Crippen LogP contribution in [0, 0.1) is 11.8 Å². The van der Waals surface area contributed by atoms with Crippen LogP contribution >= 0.6 is 17.0 Å². The summed E-state index contributed by atoms with van der Waals surface area (Å²) in [6, 6.07) is 8.39. The van der Waals surface area contributed by atoms with E-state index in [1.165, 1.54) is 12.8 Å². The van der Waals surface area contributed by atoms with E-state index in [1.807, 2.05) is 23.1 Å². The van der Waals surface area contributed by atoms with Crippen LogP contribution in [0.5, 0.6) is 0 Å². The van der Waals surface area contributed by atoms with Crippen LogP contribution in [0.3, 0.4) is 0 Å². The van der Waals surface area contributed by atoms with Crippen LogP contribution in [-0.2, 0) is 4.79 Å². The minimum absolute atomic E-state index is 0. The summed E-state index contributed by atoms with van der Waals surface area (Å²) in [5.74, 6) is 1.11. The molecule has 2 N–H and O–H groups in total. The van der Waals surface area contributed by atoms with Gasteiger partial charge in [0.1, 0.15) is 0 Å². The van der Waals surface area contributed by atoms with Crippen molar-refractivity contribution in [3.63, 3.8) is 0 Å². The molecule has 19 heavy (non-hydrogen) atoms. The first-order valence-corrected chi connectivity index (χ1v) is 6.75. The van der Waals surface area contributed by atoms with E-state index in [9.17, 15) is 4.79 Å². The number of nitrogens with two attached hydrogens (primary N) is 1. The molecular formula is C15H21BrN2O. The fourth-order valence-corrected chi connectivity index (χ4v) is 3.34. The third kappa shape index (κ3) is 2.32.